The molecule has 0 aliphatic carbocycles. The second kappa shape index (κ2) is 13.4. The smallest absolute Gasteiger partial charge is 0.251 e. The molecule has 1 aromatic carbocycles. The third kappa shape index (κ3) is 7.53. The zero-order chi connectivity index (χ0) is 21.2. The maximum Gasteiger partial charge on any atom is 0.251 e. The Morgan fingerprint density at radius 2 is 2.00 bits per heavy atom. The van der Waals surface area contributed by atoms with Crippen molar-refractivity contribution < 1.29 is 9.21 Å². The van der Waals surface area contributed by atoms with Gasteiger partial charge in [0.05, 0.1) is 18.8 Å². The van der Waals surface area contributed by atoms with Crippen LogP contribution in [-0.2, 0) is 6.42 Å². The van der Waals surface area contributed by atoms with Crippen molar-refractivity contribution in [2.24, 2.45) is 4.99 Å². The number of furan rings is 1. The number of hydrogen-bond donors (Lipinski definition) is 3. The number of halogens is 1. The molecule has 0 bridgehead atoms. The van der Waals surface area contributed by atoms with E-state index in [4.69, 9.17) is 9.41 Å². The van der Waals surface area contributed by atoms with Crippen LogP contribution in [0.1, 0.15) is 47.5 Å². The monoisotopic (exact) mass is 539 g/mol. The number of benzene rings is 1. The van der Waals surface area contributed by atoms with Gasteiger partial charge in [-0.15, -0.1) is 24.0 Å². The molecule has 170 valence electrons. The molecular weight excluding hydrogens is 505 g/mol. The standard InChI is InChI=1S/C23H33N5O2.HI/c1-3-25-23(26-12-11-18-8-6-9-19(16-18)22(29)24-2)27-17-20(21-10-7-15-30-21)28-13-4-5-14-28;/h6-10,15-16,20H,3-5,11-14,17H2,1-2H3,(H,24,29)(H2,25,26,27);1H. The number of aliphatic imine (C=N–C) groups is 1. The van der Waals surface area contributed by atoms with E-state index in [1.54, 1.807) is 13.3 Å². The second-order valence-electron chi connectivity index (χ2n) is 7.45. The topological polar surface area (TPSA) is 81.9 Å². The molecule has 8 heteroatoms. The maximum atomic E-state index is 11.8. The molecule has 1 aromatic heterocycles. The first-order valence-electron chi connectivity index (χ1n) is 10.8. The molecule has 1 fully saturated rings. The van der Waals surface area contributed by atoms with Crippen LogP contribution in [0.3, 0.4) is 0 Å². The van der Waals surface area contributed by atoms with Gasteiger partial charge in [0.15, 0.2) is 5.96 Å². The van der Waals surface area contributed by atoms with Crippen molar-refractivity contribution in [1.29, 1.82) is 0 Å². The number of rotatable bonds is 9. The molecule has 3 N–H and O–H groups in total. The molecule has 0 radical (unpaired) electrons. The molecule has 1 aliphatic rings. The van der Waals surface area contributed by atoms with E-state index in [1.807, 2.05) is 36.4 Å². The quantitative estimate of drug-likeness (QED) is 0.259. The summed E-state index contributed by atoms with van der Waals surface area (Å²) in [5.74, 6) is 1.71. The van der Waals surface area contributed by atoms with Gasteiger partial charge in [-0.2, -0.15) is 0 Å². The Labute approximate surface area is 202 Å². The largest absolute Gasteiger partial charge is 0.468 e. The Bertz CT molecular complexity index is 819. The van der Waals surface area contributed by atoms with E-state index >= 15 is 0 Å². The third-order valence-electron chi connectivity index (χ3n) is 5.34. The lowest BCUT2D eigenvalue weighted by molar-refractivity contribution is 0.0963. The summed E-state index contributed by atoms with van der Waals surface area (Å²) in [5.41, 5.74) is 1.80. The van der Waals surface area contributed by atoms with E-state index in [-0.39, 0.29) is 35.9 Å². The highest BCUT2D eigenvalue weighted by Gasteiger charge is 2.25. The molecule has 1 aliphatic heterocycles. The molecule has 0 spiro atoms. The Kier molecular flexibility index (Phi) is 10.9. The van der Waals surface area contributed by atoms with Crippen molar-refractivity contribution in [2.75, 3.05) is 39.8 Å². The number of amides is 1. The Morgan fingerprint density at radius 3 is 2.68 bits per heavy atom. The van der Waals surface area contributed by atoms with Crippen LogP contribution >= 0.6 is 24.0 Å². The fraction of sp³-hybridized carbons (Fsp3) is 0.478. The van der Waals surface area contributed by atoms with Crippen LogP contribution in [0.4, 0.5) is 0 Å². The lowest BCUT2D eigenvalue weighted by Gasteiger charge is -2.24. The highest BCUT2D eigenvalue weighted by atomic mass is 127. The molecule has 31 heavy (non-hydrogen) atoms. The van der Waals surface area contributed by atoms with Gasteiger partial charge >= 0.3 is 0 Å². The first-order valence-corrected chi connectivity index (χ1v) is 10.8. The van der Waals surface area contributed by atoms with Crippen LogP contribution in [0.15, 0.2) is 52.1 Å². The van der Waals surface area contributed by atoms with Crippen molar-refractivity contribution >= 4 is 35.8 Å². The number of carbonyl (C=O) groups excluding carboxylic acids is 1. The molecule has 1 atom stereocenters. The summed E-state index contributed by atoms with van der Waals surface area (Å²) in [6.45, 7) is 6.42. The van der Waals surface area contributed by atoms with Gasteiger partial charge in [-0.05, 0) is 69.1 Å². The van der Waals surface area contributed by atoms with E-state index in [0.717, 1.165) is 49.9 Å². The van der Waals surface area contributed by atoms with Gasteiger partial charge in [0.1, 0.15) is 5.76 Å². The van der Waals surface area contributed by atoms with Gasteiger partial charge in [0, 0.05) is 25.7 Å². The molecule has 1 amide bonds. The van der Waals surface area contributed by atoms with Gasteiger partial charge < -0.3 is 20.4 Å². The number of hydrogen-bond acceptors (Lipinski definition) is 4. The molecule has 2 heterocycles. The summed E-state index contributed by atoms with van der Waals surface area (Å²) in [7, 11) is 1.65. The minimum Gasteiger partial charge on any atom is -0.468 e. The normalized spacial score (nSPS) is 15.2. The lowest BCUT2D eigenvalue weighted by atomic mass is 10.1. The zero-order valence-electron chi connectivity index (χ0n) is 18.4. The second-order valence-corrected chi connectivity index (χ2v) is 7.45. The van der Waals surface area contributed by atoms with E-state index in [9.17, 15) is 4.79 Å². The molecule has 1 unspecified atom stereocenters. The molecule has 7 nitrogen and oxygen atoms in total. The number of nitrogens with zero attached hydrogens (tertiary/aromatic N) is 2. The summed E-state index contributed by atoms with van der Waals surface area (Å²) in [6, 6.07) is 11.9. The molecule has 2 aromatic rings. The van der Waals surface area contributed by atoms with Crippen LogP contribution in [0, 0.1) is 0 Å². The van der Waals surface area contributed by atoms with Crippen LogP contribution in [0.2, 0.25) is 0 Å². The highest BCUT2D eigenvalue weighted by Crippen LogP contribution is 2.25. The Hall–Kier alpha value is -2.07. The molecule has 1 saturated heterocycles. The van der Waals surface area contributed by atoms with Gasteiger partial charge in [-0.25, -0.2) is 0 Å². The highest BCUT2D eigenvalue weighted by molar-refractivity contribution is 14.0. The van der Waals surface area contributed by atoms with Crippen LogP contribution in [0.5, 0.6) is 0 Å². The van der Waals surface area contributed by atoms with E-state index < -0.39 is 0 Å². The molecular formula is C23H34IN5O2. The fourth-order valence-corrected chi connectivity index (χ4v) is 3.78. The summed E-state index contributed by atoms with van der Waals surface area (Å²) >= 11 is 0. The average molecular weight is 539 g/mol. The number of likely N-dealkylation sites (tertiary alicyclic amines) is 1. The molecule has 3 rings (SSSR count). The average Bonchev–Trinajstić information content (AvgIpc) is 3.48. The lowest BCUT2D eigenvalue weighted by Crippen LogP contribution is -2.39. The summed E-state index contributed by atoms with van der Waals surface area (Å²) < 4.78 is 5.69. The molecule has 0 saturated carbocycles. The van der Waals surface area contributed by atoms with Crippen LogP contribution in [-0.4, -0.2) is 56.5 Å². The first kappa shape index (κ1) is 25.2. The number of guanidine groups is 1. The summed E-state index contributed by atoms with van der Waals surface area (Å²) in [5, 5.41) is 9.40. The van der Waals surface area contributed by atoms with Crippen molar-refractivity contribution in [1.82, 2.24) is 20.9 Å². The Morgan fingerprint density at radius 1 is 1.19 bits per heavy atom. The SMILES string of the molecule is CCNC(=NCC(c1ccco1)N1CCCC1)NCCc1cccc(C(=O)NC)c1.I. The van der Waals surface area contributed by atoms with E-state index in [0.29, 0.717) is 12.1 Å². The van der Waals surface area contributed by atoms with Crippen LogP contribution in [0.25, 0.3) is 0 Å². The first-order chi connectivity index (χ1) is 14.7. The minimum absolute atomic E-state index is 0. The van der Waals surface area contributed by atoms with Gasteiger partial charge in [0.25, 0.3) is 5.91 Å². The zero-order valence-corrected chi connectivity index (χ0v) is 20.7. The fourth-order valence-electron chi connectivity index (χ4n) is 3.78. The maximum absolute atomic E-state index is 11.8. The Balaban J connectivity index is 0.00000341. The van der Waals surface area contributed by atoms with E-state index in [2.05, 4.69) is 27.8 Å². The minimum atomic E-state index is -0.0643. The summed E-state index contributed by atoms with van der Waals surface area (Å²) in [4.78, 5) is 19.1. The van der Waals surface area contributed by atoms with Crippen molar-refractivity contribution in [3.05, 3.63) is 59.5 Å². The third-order valence-corrected chi connectivity index (χ3v) is 5.34. The predicted octanol–water partition coefficient (Wildman–Crippen LogP) is 3.19. The number of nitrogens with one attached hydrogen (secondary N) is 3. The number of carbonyl (C=O) groups is 1. The van der Waals surface area contributed by atoms with Gasteiger partial charge in [-0.3, -0.25) is 14.7 Å². The van der Waals surface area contributed by atoms with Crippen LogP contribution < -0.4 is 16.0 Å². The van der Waals surface area contributed by atoms with Crippen molar-refractivity contribution in [2.45, 2.75) is 32.2 Å². The van der Waals surface area contributed by atoms with Gasteiger partial charge in [0.2, 0.25) is 0 Å². The van der Waals surface area contributed by atoms with E-state index in [1.165, 1.54) is 12.8 Å². The summed E-state index contributed by atoms with van der Waals surface area (Å²) in [6.07, 6.45) is 5.00. The van der Waals surface area contributed by atoms with Gasteiger partial charge in [-0.1, -0.05) is 12.1 Å². The van der Waals surface area contributed by atoms with Crippen molar-refractivity contribution in [3.8, 4) is 0 Å². The predicted molar refractivity (Wildman–Crippen MR) is 135 cm³/mol. The van der Waals surface area contributed by atoms with Crippen molar-refractivity contribution in [3.63, 3.8) is 0 Å².